The molecule has 0 radical (unpaired) electrons. The summed E-state index contributed by atoms with van der Waals surface area (Å²) in [5.41, 5.74) is 1.28. The first-order valence-electron chi connectivity index (χ1n) is 8.41. The van der Waals surface area contributed by atoms with Gasteiger partial charge in [0.2, 0.25) is 0 Å². The molecule has 1 aromatic heterocycles. The largest absolute Gasteiger partial charge is 0.485 e. The SMILES string of the molecule is Cc1c(OCC(=O)c2ccc(Cl)cc2)ccc2c1oc(=O)c1ccccc12. The summed E-state index contributed by atoms with van der Waals surface area (Å²) in [6.07, 6.45) is 0. The predicted octanol–water partition coefficient (Wildman–Crippen LogP) is 5.17. The van der Waals surface area contributed by atoms with Gasteiger partial charge >= 0.3 is 5.63 Å². The van der Waals surface area contributed by atoms with Crippen molar-refractivity contribution in [3.63, 3.8) is 0 Å². The first-order chi connectivity index (χ1) is 13.0. The summed E-state index contributed by atoms with van der Waals surface area (Å²) in [6, 6.07) is 17.6. The third-order valence-electron chi connectivity index (χ3n) is 4.51. The number of hydrogen-bond donors (Lipinski definition) is 0. The number of aryl methyl sites for hydroxylation is 1. The number of carbonyl (C=O) groups is 1. The van der Waals surface area contributed by atoms with Crippen LogP contribution in [-0.2, 0) is 0 Å². The van der Waals surface area contributed by atoms with Gasteiger partial charge < -0.3 is 9.15 Å². The molecular weight excluding hydrogens is 364 g/mol. The molecular formula is C22H15ClO4. The maximum atomic E-state index is 12.3. The second-order valence-electron chi connectivity index (χ2n) is 6.22. The van der Waals surface area contributed by atoms with E-state index in [0.717, 1.165) is 10.8 Å². The molecule has 0 N–H and O–H groups in total. The molecule has 0 unspecified atom stereocenters. The molecule has 0 fully saturated rings. The summed E-state index contributed by atoms with van der Waals surface area (Å²) in [5.74, 6) is 0.342. The van der Waals surface area contributed by atoms with E-state index < -0.39 is 5.63 Å². The van der Waals surface area contributed by atoms with E-state index in [2.05, 4.69) is 0 Å². The van der Waals surface area contributed by atoms with Crippen LogP contribution in [0.4, 0.5) is 0 Å². The van der Waals surface area contributed by atoms with E-state index in [-0.39, 0.29) is 12.4 Å². The van der Waals surface area contributed by atoms with Gasteiger partial charge in [0.15, 0.2) is 12.4 Å². The molecule has 3 aromatic carbocycles. The van der Waals surface area contributed by atoms with Crippen LogP contribution in [0.3, 0.4) is 0 Å². The van der Waals surface area contributed by atoms with Gasteiger partial charge in [-0.2, -0.15) is 0 Å². The zero-order valence-electron chi connectivity index (χ0n) is 14.5. The Morgan fingerprint density at radius 2 is 1.67 bits per heavy atom. The number of fused-ring (bicyclic) bond motifs is 3. The molecule has 0 atom stereocenters. The average molecular weight is 379 g/mol. The molecule has 1 heterocycles. The Bertz CT molecular complexity index is 1220. The smallest absolute Gasteiger partial charge is 0.344 e. The van der Waals surface area contributed by atoms with Crippen LogP contribution in [0.2, 0.25) is 5.02 Å². The zero-order valence-corrected chi connectivity index (χ0v) is 15.2. The van der Waals surface area contributed by atoms with Crippen molar-refractivity contribution in [1.82, 2.24) is 0 Å². The molecule has 27 heavy (non-hydrogen) atoms. The van der Waals surface area contributed by atoms with Crippen LogP contribution in [0.5, 0.6) is 5.75 Å². The lowest BCUT2D eigenvalue weighted by molar-refractivity contribution is 0.0921. The number of Topliss-reactive ketones (excluding diaryl/α,β-unsaturated/α-hetero) is 1. The van der Waals surface area contributed by atoms with Crippen LogP contribution in [0.15, 0.2) is 69.9 Å². The Kier molecular flexibility index (Phi) is 4.42. The molecule has 0 bridgehead atoms. The number of hydrogen-bond acceptors (Lipinski definition) is 4. The minimum atomic E-state index is -0.393. The van der Waals surface area contributed by atoms with E-state index in [4.69, 9.17) is 20.8 Å². The van der Waals surface area contributed by atoms with E-state index in [1.807, 2.05) is 25.1 Å². The molecule has 134 valence electrons. The lowest BCUT2D eigenvalue weighted by Gasteiger charge is -2.11. The van der Waals surface area contributed by atoms with Gasteiger partial charge in [-0.15, -0.1) is 0 Å². The van der Waals surface area contributed by atoms with Gasteiger partial charge in [0.1, 0.15) is 11.3 Å². The summed E-state index contributed by atoms with van der Waals surface area (Å²) in [4.78, 5) is 24.6. The minimum Gasteiger partial charge on any atom is -0.485 e. The summed E-state index contributed by atoms with van der Waals surface area (Å²) >= 11 is 5.84. The van der Waals surface area contributed by atoms with Crippen LogP contribution < -0.4 is 10.4 Å². The van der Waals surface area contributed by atoms with E-state index >= 15 is 0 Å². The summed E-state index contributed by atoms with van der Waals surface area (Å²) < 4.78 is 11.2. The van der Waals surface area contributed by atoms with E-state index in [1.54, 1.807) is 42.5 Å². The van der Waals surface area contributed by atoms with Crippen molar-refractivity contribution in [2.24, 2.45) is 0 Å². The van der Waals surface area contributed by atoms with Crippen molar-refractivity contribution >= 4 is 39.1 Å². The third-order valence-corrected chi connectivity index (χ3v) is 4.77. The maximum absolute atomic E-state index is 12.3. The fourth-order valence-electron chi connectivity index (χ4n) is 3.08. The lowest BCUT2D eigenvalue weighted by atomic mass is 10.0. The number of rotatable bonds is 4. The summed E-state index contributed by atoms with van der Waals surface area (Å²) in [7, 11) is 0. The molecule has 0 aliphatic heterocycles. The van der Waals surface area contributed by atoms with Gasteiger partial charge in [0.25, 0.3) is 0 Å². The predicted molar refractivity (Wildman–Crippen MR) is 106 cm³/mol. The highest BCUT2D eigenvalue weighted by atomic mass is 35.5. The number of benzene rings is 3. The Morgan fingerprint density at radius 1 is 0.963 bits per heavy atom. The molecule has 0 saturated heterocycles. The number of halogens is 1. The van der Waals surface area contributed by atoms with Crippen molar-refractivity contribution in [2.75, 3.05) is 6.61 Å². The molecule has 0 aliphatic carbocycles. The Hall–Kier alpha value is -3.11. The van der Waals surface area contributed by atoms with Crippen molar-refractivity contribution in [1.29, 1.82) is 0 Å². The van der Waals surface area contributed by atoms with Crippen LogP contribution in [-0.4, -0.2) is 12.4 Å². The van der Waals surface area contributed by atoms with Gasteiger partial charge in [0, 0.05) is 21.5 Å². The van der Waals surface area contributed by atoms with Gasteiger partial charge in [0.05, 0.1) is 5.39 Å². The van der Waals surface area contributed by atoms with Crippen molar-refractivity contribution < 1.29 is 13.9 Å². The van der Waals surface area contributed by atoms with E-state index in [0.29, 0.717) is 32.9 Å². The van der Waals surface area contributed by atoms with E-state index in [1.165, 1.54) is 0 Å². The Balaban J connectivity index is 1.68. The summed E-state index contributed by atoms with van der Waals surface area (Å²) in [5, 5.41) is 2.77. The number of ketones is 1. The van der Waals surface area contributed by atoms with Gasteiger partial charge in [-0.3, -0.25) is 4.79 Å². The van der Waals surface area contributed by atoms with Crippen LogP contribution in [0.1, 0.15) is 15.9 Å². The molecule has 5 heteroatoms. The highest BCUT2D eigenvalue weighted by Gasteiger charge is 2.14. The second kappa shape index (κ2) is 6.89. The fourth-order valence-corrected chi connectivity index (χ4v) is 3.21. The van der Waals surface area contributed by atoms with Crippen molar-refractivity contribution in [2.45, 2.75) is 6.92 Å². The normalized spacial score (nSPS) is 11.0. The Labute approximate surface area is 159 Å². The standard InChI is InChI=1S/C22H15ClO4/c1-13-20(26-12-19(24)14-6-8-15(23)9-7-14)11-10-17-16-4-2-3-5-18(16)22(25)27-21(13)17/h2-11H,12H2,1H3. The van der Waals surface area contributed by atoms with Crippen LogP contribution >= 0.6 is 11.6 Å². The highest BCUT2D eigenvalue weighted by Crippen LogP contribution is 2.30. The monoisotopic (exact) mass is 378 g/mol. The average Bonchev–Trinajstić information content (AvgIpc) is 2.68. The molecule has 0 spiro atoms. The molecule has 4 rings (SSSR count). The minimum absolute atomic E-state index is 0.119. The second-order valence-corrected chi connectivity index (χ2v) is 6.66. The van der Waals surface area contributed by atoms with Crippen molar-refractivity contribution in [3.05, 3.63) is 87.2 Å². The number of ether oxygens (including phenoxy) is 1. The molecule has 0 saturated carbocycles. The topological polar surface area (TPSA) is 56.5 Å². The maximum Gasteiger partial charge on any atom is 0.344 e. The first kappa shape index (κ1) is 17.3. The number of carbonyl (C=O) groups excluding carboxylic acids is 1. The third kappa shape index (κ3) is 3.20. The van der Waals surface area contributed by atoms with Gasteiger partial charge in [-0.25, -0.2) is 4.79 Å². The van der Waals surface area contributed by atoms with E-state index in [9.17, 15) is 9.59 Å². The molecule has 0 aliphatic rings. The highest BCUT2D eigenvalue weighted by molar-refractivity contribution is 6.30. The van der Waals surface area contributed by atoms with Crippen molar-refractivity contribution in [3.8, 4) is 5.75 Å². The quantitative estimate of drug-likeness (QED) is 0.279. The zero-order chi connectivity index (χ0) is 19.0. The van der Waals surface area contributed by atoms with Gasteiger partial charge in [-0.05, 0) is 54.8 Å². The van der Waals surface area contributed by atoms with Gasteiger partial charge in [-0.1, -0.05) is 29.8 Å². The fraction of sp³-hybridized carbons (Fsp3) is 0.0909. The van der Waals surface area contributed by atoms with Crippen LogP contribution in [0, 0.1) is 6.92 Å². The summed E-state index contributed by atoms with van der Waals surface area (Å²) in [6.45, 7) is 1.69. The molecule has 4 aromatic rings. The lowest BCUT2D eigenvalue weighted by Crippen LogP contribution is -2.12. The van der Waals surface area contributed by atoms with Crippen LogP contribution in [0.25, 0.3) is 21.7 Å². The first-order valence-corrected chi connectivity index (χ1v) is 8.79. The molecule has 4 nitrogen and oxygen atoms in total. The Morgan fingerprint density at radius 3 is 2.41 bits per heavy atom. The molecule has 0 amide bonds.